The van der Waals surface area contributed by atoms with Crippen molar-refractivity contribution in [2.75, 3.05) is 20.2 Å². The van der Waals surface area contributed by atoms with E-state index in [0.29, 0.717) is 36.9 Å². The van der Waals surface area contributed by atoms with Crippen molar-refractivity contribution in [3.63, 3.8) is 0 Å². The van der Waals surface area contributed by atoms with Gasteiger partial charge in [0.1, 0.15) is 5.82 Å². The molecule has 1 heterocycles. The number of halogens is 2. The van der Waals surface area contributed by atoms with Gasteiger partial charge in [0, 0.05) is 32.4 Å². The molecule has 1 aromatic carbocycles. The van der Waals surface area contributed by atoms with Gasteiger partial charge in [-0.1, -0.05) is 24.3 Å². The molecule has 1 saturated carbocycles. The van der Waals surface area contributed by atoms with Gasteiger partial charge in [0.25, 0.3) is 0 Å². The van der Waals surface area contributed by atoms with Gasteiger partial charge in [-0.3, -0.25) is 4.99 Å². The molecule has 0 radical (unpaired) electrons. The van der Waals surface area contributed by atoms with Crippen molar-refractivity contribution in [2.45, 2.75) is 25.8 Å². The lowest BCUT2D eigenvalue weighted by Crippen LogP contribution is -2.37. The average molecular weight is 484 g/mol. The van der Waals surface area contributed by atoms with Crippen molar-refractivity contribution in [3.8, 4) is 5.88 Å². The third kappa shape index (κ3) is 7.32. The first-order chi connectivity index (χ1) is 12.7. The van der Waals surface area contributed by atoms with Crippen molar-refractivity contribution in [1.29, 1.82) is 0 Å². The zero-order chi connectivity index (χ0) is 18.2. The largest absolute Gasteiger partial charge is 0.477 e. The minimum Gasteiger partial charge on any atom is -0.477 e. The van der Waals surface area contributed by atoms with Crippen LogP contribution >= 0.6 is 24.0 Å². The number of ether oxygens (including phenoxy) is 1. The van der Waals surface area contributed by atoms with Crippen LogP contribution in [0.2, 0.25) is 0 Å². The van der Waals surface area contributed by atoms with Crippen LogP contribution < -0.4 is 15.4 Å². The third-order valence-electron chi connectivity index (χ3n) is 4.29. The van der Waals surface area contributed by atoms with E-state index >= 15 is 0 Å². The van der Waals surface area contributed by atoms with Gasteiger partial charge in [-0.2, -0.15) is 0 Å². The number of guanidine groups is 1. The Morgan fingerprint density at radius 3 is 2.70 bits per heavy atom. The van der Waals surface area contributed by atoms with Crippen molar-refractivity contribution >= 4 is 29.9 Å². The van der Waals surface area contributed by atoms with Crippen LogP contribution in [0.25, 0.3) is 0 Å². The fraction of sp³-hybridized carbons (Fsp3) is 0.400. The molecule has 1 aromatic heterocycles. The molecule has 0 atom stereocenters. The first-order valence-corrected chi connectivity index (χ1v) is 9.00. The van der Waals surface area contributed by atoms with Gasteiger partial charge < -0.3 is 15.4 Å². The third-order valence-corrected chi connectivity index (χ3v) is 4.29. The van der Waals surface area contributed by atoms with E-state index in [-0.39, 0.29) is 29.8 Å². The molecule has 0 amide bonds. The number of nitrogens with zero attached hydrogens (tertiary/aromatic N) is 2. The van der Waals surface area contributed by atoms with E-state index in [2.05, 4.69) is 20.6 Å². The first-order valence-electron chi connectivity index (χ1n) is 9.00. The Morgan fingerprint density at radius 1 is 1.22 bits per heavy atom. The van der Waals surface area contributed by atoms with E-state index in [0.717, 1.165) is 18.1 Å². The van der Waals surface area contributed by atoms with E-state index in [1.54, 1.807) is 19.2 Å². The highest BCUT2D eigenvalue weighted by Crippen LogP contribution is 2.29. The molecule has 7 heteroatoms. The molecule has 5 nitrogen and oxygen atoms in total. The van der Waals surface area contributed by atoms with Crippen molar-refractivity contribution in [3.05, 3.63) is 59.5 Å². The van der Waals surface area contributed by atoms with Gasteiger partial charge in [-0.05, 0) is 42.4 Å². The minimum atomic E-state index is -0.174. The SMILES string of the molecule is CN=C(NCCc1ccccc1F)NCc1ccc(OCC2CC2)nc1.I. The fourth-order valence-electron chi connectivity index (χ4n) is 2.51. The number of pyridine rings is 1. The van der Waals surface area contributed by atoms with Gasteiger partial charge in [0.05, 0.1) is 6.61 Å². The van der Waals surface area contributed by atoms with E-state index in [1.165, 1.54) is 18.9 Å². The molecular formula is C20H26FIN4O. The second kappa shape index (κ2) is 11.1. The van der Waals surface area contributed by atoms with Gasteiger partial charge in [-0.25, -0.2) is 9.37 Å². The Kier molecular flexibility index (Phi) is 8.77. The van der Waals surface area contributed by atoms with Crippen molar-refractivity contribution in [2.24, 2.45) is 10.9 Å². The van der Waals surface area contributed by atoms with Crippen LogP contribution in [0.5, 0.6) is 5.88 Å². The summed E-state index contributed by atoms with van der Waals surface area (Å²) in [6, 6.07) is 10.7. The van der Waals surface area contributed by atoms with Crippen LogP contribution in [0.15, 0.2) is 47.6 Å². The molecule has 1 aliphatic rings. The second-order valence-electron chi connectivity index (χ2n) is 6.45. The van der Waals surface area contributed by atoms with Gasteiger partial charge >= 0.3 is 0 Å². The first kappa shape index (κ1) is 21.4. The van der Waals surface area contributed by atoms with Crippen LogP contribution in [0.4, 0.5) is 4.39 Å². The molecule has 146 valence electrons. The lowest BCUT2D eigenvalue weighted by molar-refractivity contribution is 0.288. The maximum atomic E-state index is 13.6. The molecule has 27 heavy (non-hydrogen) atoms. The van der Waals surface area contributed by atoms with Gasteiger partial charge in [-0.15, -0.1) is 24.0 Å². The highest BCUT2D eigenvalue weighted by atomic mass is 127. The second-order valence-corrected chi connectivity index (χ2v) is 6.45. The summed E-state index contributed by atoms with van der Waals surface area (Å²) in [4.78, 5) is 8.52. The Labute approximate surface area is 176 Å². The van der Waals surface area contributed by atoms with E-state index in [4.69, 9.17) is 4.74 Å². The van der Waals surface area contributed by atoms with Crippen LogP contribution in [-0.4, -0.2) is 31.1 Å². The van der Waals surface area contributed by atoms with E-state index < -0.39 is 0 Å². The minimum absolute atomic E-state index is 0. The standard InChI is InChI=1S/C20H25FN4O.HI/c1-22-20(23-11-10-17-4-2-3-5-18(17)21)25-13-16-8-9-19(24-12-16)26-14-15-6-7-15;/h2-5,8-9,12,15H,6-7,10-11,13-14H2,1H3,(H2,22,23,25);1H. The zero-order valence-electron chi connectivity index (χ0n) is 15.5. The lowest BCUT2D eigenvalue weighted by Gasteiger charge is -2.12. The van der Waals surface area contributed by atoms with E-state index in [9.17, 15) is 4.39 Å². The number of hydrogen-bond donors (Lipinski definition) is 2. The number of benzene rings is 1. The molecule has 0 unspecified atom stereocenters. The summed E-state index contributed by atoms with van der Waals surface area (Å²) in [5.41, 5.74) is 1.74. The molecule has 1 fully saturated rings. The predicted molar refractivity (Wildman–Crippen MR) is 116 cm³/mol. The van der Waals surface area contributed by atoms with E-state index in [1.807, 2.05) is 24.4 Å². The Morgan fingerprint density at radius 2 is 2.04 bits per heavy atom. The highest BCUT2D eigenvalue weighted by molar-refractivity contribution is 14.0. The van der Waals surface area contributed by atoms with Crippen LogP contribution in [0.3, 0.4) is 0 Å². The molecular weight excluding hydrogens is 458 g/mol. The van der Waals surface area contributed by atoms with Crippen molar-refractivity contribution < 1.29 is 9.13 Å². The molecule has 0 saturated heterocycles. The number of nitrogens with one attached hydrogen (secondary N) is 2. The average Bonchev–Trinajstić information content (AvgIpc) is 3.49. The fourth-order valence-corrected chi connectivity index (χ4v) is 2.51. The normalized spacial score (nSPS) is 13.6. The number of hydrogen-bond acceptors (Lipinski definition) is 3. The Bertz CT molecular complexity index is 735. The maximum absolute atomic E-state index is 13.6. The molecule has 0 aliphatic heterocycles. The Hall–Kier alpha value is -1.90. The smallest absolute Gasteiger partial charge is 0.213 e. The number of aromatic nitrogens is 1. The van der Waals surface area contributed by atoms with Crippen LogP contribution in [0.1, 0.15) is 24.0 Å². The zero-order valence-corrected chi connectivity index (χ0v) is 17.8. The summed E-state index contributed by atoms with van der Waals surface area (Å²) in [7, 11) is 1.71. The van der Waals surface area contributed by atoms with Gasteiger partial charge in [0.15, 0.2) is 5.96 Å². The topological polar surface area (TPSA) is 58.5 Å². The molecule has 2 N–H and O–H groups in total. The highest BCUT2D eigenvalue weighted by Gasteiger charge is 2.22. The summed E-state index contributed by atoms with van der Waals surface area (Å²) in [6.07, 6.45) is 4.94. The number of aliphatic imine (C=N–C) groups is 1. The molecule has 1 aliphatic carbocycles. The summed E-state index contributed by atoms with van der Waals surface area (Å²) in [5, 5.41) is 6.42. The molecule has 0 bridgehead atoms. The Balaban J connectivity index is 0.00000261. The monoisotopic (exact) mass is 484 g/mol. The summed E-state index contributed by atoms with van der Waals surface area (Å²) >= 11 is 0. The van der Waals surface area contributed by atoms with Crippen LogP contribution in [-0.2, 0) is 13.0 Å². The lowest BCUT2D eigenvalue weighted by atomic mass is 10.1. The van der Waals surface area contributed by atoms with Gasteiger partial charge in [0.2, 0.25) is 5.88 Å². The number of rotatable bonds is 8. The predicted octanol–water partition coefficient (Wildman–Crippen LogP) is 3.54. The molecule has 2 aromatic rings. The van der Waals surface area contributed by atoms with Crippen LogP contribution in [0, 0.1) is 11.7 Å². The summed E-state index contributed by atoms with van der Waals surface area (Å²) in [5.74, 6) is 1.90. The molecule has 0 spiro atoms. The van der Waals surface area contributed by atoms with Crippen molar-refractivity contribution in [1.82, 2.24) is 15.6 Å². The quantitative estimate of drug-likeness (QED) is 0.342. The molecule has 3 rings (SSSR count). The maximum Gasteiger partial charge on any atom is 0.213 e. The summed E-state index contributed by atoms with van der Waals surface area (Å²) < 4.78 is 19.2. The summed E-state index contributed by atoms with van der Waals surface area (Å²) in [6.45, 7) is 1.98.